The first-order valence-electron chi connectivity index (χ1n) is 8.80. The summed E-state index contributed by atoms with van der Waals surface area (Å²) in [5.74, 6) is -0.0750. The largest absolute Gasteiger partial charge is 0.505 e. The highest BCUT2D eigenvalue weighted by atomic mass is 16.3. The number of hydrogen-bond donors (Lipinski definition) is 3. The maximum atomic E-state index is 12.1. The van der Waals surface area contributed by atoms with Crippen molar-refractivity contribution in [2.75, 3.05) is 24.7 Å². The van der Waals surface area contributed by atoms with Crippen LogP contribution in [-0.2, 0) is 6.54 Å². The SMILES string of the molecule is CC.CN(C)C(=O)c1cccc(Nc2c(NCc3ccco3)c(=O)c2=O)c1O. The molecule has 0 fully saturated rings. The van der Waals surface area contributed by atoms with Crippen LogP contribution in [0.4, 0.5) is 17.1 Å². The van der Waals surface area contributed by atoms with Gasteiger partial charge in [0.05, 0.1) is 24.1 Å². The Bertz CT molecular complexity index is 1020. The van der Waals surface area contributed by atoms with Crippen LogP contribution in [0.15, 0.2) is 50.6 Å². The van der Waals surface area contributed by atoms with E-state index in [-0.39, 0.29) is 40.8 Å². The lowest BCUT2D eigenvalue weighted by molar-refractivity contribution is 0.0824. The number of hydrogen-bond acceptors (Lipinski definition) is 7. The average molecular weight is 385 g/mol. The predicted molar refractivity (Wildman–Crippen MR) is 108 cm³/mol. The van der Waals surface area contributed by atoms with Crippen molar-refractivity contribution in [2.45, 2.75) is 20.4 Å². The van der Waals surface area contributed by atoms with Crippen LogP contribution in [0.5, 0.6) is 5.75 Å². The van der Waals surface area contributed by atoms with E-state index >= 15 is 0 Å². The zero-order chi connectivity index (χ0) is 20.8. The van der Waals surface area contributed by atoms with E-state index in [2.05, 4.69) is 10.6 Å². The molecule has 0 unspecified atom stereocenters. The van der Waals surface area contributed by atoms with Gasteiger partial charge in [-0.1, -0.05) is 19.9 Å². The first-order valence-corrected chi connectivity index (χ1v) is 8.80. The zero-order valence-corrected chi connectivity index (χ0v) is 16.2. The number of anilines is 3. The molecule has 1 heterocycles. The van der Waals surface area contributed by atoms with Crippen molar-refractivity contribution < 1.29 is 14.3 Å². The number of phenols is 1. The number of carbonyl (C=O) groups is 1. The lowest BCUT2D eigenvalue weighted by Gasteiger charge is -2.17. The smallest absolute Gasteiger partial charge is 0.257 e. The van der Waals surface area contributed by atoms with Gasteiger partial charge in [-0.25, -0.2) is 0 Å². The van der Waals surface area contributed by atoms with Gasteiger partial charge in [-0.05, 0) is 24.3 Å². The number of furan rings is 1. The third-order valence-corrected chi connectivity index (χ3v) is 3.86. The highest BCUT2D eigenvalue weighted by Crippen LogP contribution is 2.32. The standard InChI is InChI=1S/C18H17N3O5.C2H6/c1-21(2)18(25)11-6-3-7-12(15(11)22)20-14-13(16(23)17(14)24)19-9-10-5-4-8-26-10;1-2/h3-8,19-20,22H,9H2,1-2H3;1-2H3. The molecule has 1 amide bonds. The molecule has 3 N–H and O–H groups in total. The molecule has 1 aromatic heterocycles. The third kappa shape index (κ3) is 4.06. The van der Waals surface area contributed by atoms with Crippen molar-refractivity contribution >= 4 is 23.0 Å². The molecule has 0 saturated carbocycles. The molecule has 8 heteroatoms. The number of benzene rings is 1. The van der Waals surface area contributed by atoms with Gasteiger partial charge in [-0.15, -0.1) is 0 Å². The molecule has 0 spiro atoms. The number of rotatable bonds is 6. The van der Waals surface area contributed by atoms with Gasteiger partial charge in [0.2, 0.25) is 0 Å². The zero-order valence-electron chi connectivity index (χ0n) is 16.2. The maximum Gasteiger partial charge on any atom is 0.257 e. The molecule has 0 aliphatic rings. The van der Waals surface area contributed by atoms with Crippen molar-refractivity contribution in [3.8, 4) is 5.75 Å². The van der Waals surface area contributed by atoms with Crippen LogP contribution >= 0.6 is 0 Å². The number of aromatic hydroxyl groups is 1. The Labute approximate surface area is 162 Å². The van der Waals surface area contributed by atoms with Crippen molar-refractivity contribution in [1.82, 2.24) is 4.90 Å². The number of para-hydroxylation sites is 1. The Hall–Kier alpha value is -3.55. The summed E-state index contributed by atoms with van der Waals surface area (Å²) in [5.41, 5.74) is -0.967. The first kappa shape index (κ1) is 20.8. The van der Waals surface area contributed by atoms with Crippen molar-refractivity contribution in [2.24, 2.45) is 0 Å². The minimum atomic E-state index is -0.698. The molecule has 28 heavy (non-hydrogen) atoms. The van der Waals surface area contributed by atoms with Gasteiger partial charge in [0.1, 0.15) is 17.1 Å². The van der Waals surface area contributed by atoms with Crippen LogP contribution in [0.3, 0.4) is 0 Å². The van der Waals surface area contributed by atoms with E-state index < -0.39 is 10.9 Å². The van der Waals surface area contributed by atoms with Crippen LogP contribution < -0.4 is 21.5 Å². The summed E-state index contributed by atoms with van der Waals surface area (Å²) in [4.78, 5) is 37.1. The van der Waals surface area contributed by atoms with Gasteiger partial charge in [-0.3, -0.25) is 14.4 Å². The summed E-state index contributed by atoms with van der Waals surface area (Å²) in [6.45, 7) is 4.23. The molecular weight excluding hydrogens is 362 g/mol. The fraction of sp³-hybridized carbons (Fsp3) is 0.250. The summed E-state index contributed by atoms with van der Waals surface area (Å²) in [6.07, 6.45) is 1.50. The second-order valence-corrected chi connectivity index (χ2v) is 5.87. The van der Waals surface area contributed by atoms with E-state index in [9.17, 15) is 19.5 Å². The van der Waals surface area contributed by atoms with Crippen molar-refractivity contribution in [1.29, 1.82) is 0 Å². The lowest BCUT2D eigenvalue weighted by atomic mass is 10.1. The maximum absolute atomic E-state index is 12.1. The van der Waals surface area contributed by atoms with Crippen LogP contribution in [0.2, 0.25) is 0 Å². The normalized spacial score (nSPS) is 10.1. The summed E-state index contributed by atoms with van der Waals surface area (Å²) in [5, 5.41) is 15.9. The highest BCUT2D eigenvalue weighted by Gasteiger charge is 2.23. The molecule has 0 aliphatic carbocycles. The second kappa shape index (κ2) is 8.90. The van der Waals surface area contributed by atoms with Crippen molar-refractivity contribution in [3.63, 3.8) is 0 Å². The van der Waals surface area contributed by atoms with E-state index in [1.54, 1.807) is 32.3 Å². The Kier molecular flexibility index (Phi) is 6.59. The fourth-order valence-corrected chi connectivity index (χ4v) is 2.46. The Morgan fingerprint density at radius 3 is 2.36 bits per heavy atom. The molecule has 8 nitrogen and oxygen atoms in total. The lowest BCUT2D eigenvalue weighted by Crippen LogP contribution is -2.36. The minimum absolute atomic E-state index is 0.0336. The Morgan fingerprint density at radius 2 is 1.75 bits per heavy atom. The molecule has 3 aromatic rings. The summed E-state index contributed by atoms with van der Waals surface area (Å²) >= 11 is 0. The van der Waals surface area contributed by atoms with Gasteiger partial charge in [0.25, 0.3) is 16.8 Å². The summed E-state index contributed by atoms with van der Waals surface area (Å²) < 4.78 is 5.17. The molecule has 3 rings (SSSR count). The van der Waals surface area contributed by atoms with Gasteiger partial charge in [0, 0.05) is 14.1 Å². The van der Waals surface area contributed by atoms with Crippen LogP contribution in [0, 0.1) is 0 Å². The number of nitrogens with zero attached hydrogens (tertiary/aromatic N) is 1. The van der Waals surface area contributed by atoms with E-state index in [0.717, 1.165) is 0 Å². The molecule has 0 radical (unpaired) electrons. The second-order valence-electron chi connectivity index (χ2n) is 5.87. The van der Waals surface area contributed by atoms with Crippen LogP contribution in [0.1, 0.15) is 30.0 Å². The summed E-state index contributed by atoms with van der Waals surface area (Å²) in [6, 6.07) is 7.99. The summed E-state index contributed by atoms with van der Waals surface area (Å²) in [7, 11) is 3.13. The number of carbonyl (C=O) groups excluding carboxylic acids is 1. The molecule has 0 saturated heterocycles. The number of amides is 1. The van der Waals surface area contributed by atoms with E-state index in [4.69, 9.17) is 4.42 Å². The molecule has 0 bridgehead atoms. The van der Waals surface area contributed by atoms with Crippen LogP contribution in [0.25, 0.3) is 0 Å². The van der Waals surface area contributed by atoms with Gasteiger partial charge in [-0.2, -0.15) is 0 Å². The average Bonchev–Trinajstić information content (AvgIpc) is 3.22. The fourth-order valence-electron chi connectivity index (χ4n) is 2.46. The molecule has 0 aliphatic heterocycles. The third-order valence-electron chi connectivity index (χ3n) is 3.86. The monoisotopic (exact) mass is 385 g/mol. The first-order chi connectivity index (χ1) is 13.4. The van der Waals surface area contributed by atoms with Crippen molar-refractivity contribution in [3.05, 3.63) is 68.4 Å². The molecule has 2 aromatic carbocycles. The van der Waals surface area contributed by atoms with E-state index in [1.165, 1.54) is 23.3 Å². The van der Waals surface area contributed by atoms with Gasteiger partial charge < -0.3 is 25.1 Å². The van der Waals surface area contributed by atoms with Gasteiger partial charge in [0.15, 0.2) is 5.75 Å². The molecule has 0 atom stereocenters. The Balaban J connectivity index is 0.00000136. The van der Waals surface area contributed by atoms with Crippen LogP contribution in [-0.4, -0.2) is 30.0 Å². The Morgan fingerprint density at radius 1 is 1.07 bits per heavy atom. The van der Waals surface area contributed by atoms with E-state index in [1.807, 2.05) is 13.8 Å². The quantitative estimate of drug-likeness (QED) is 0.442. The number of phenolic OH excluding ortho intramolecular Hbond substituents is 1. The minimum Gasteiger partial charge on any atom is -0.505 e. The van der Waals surface area contributed by atoms with E-state index in [0.29, 0.717) is 5.76 Å². The molecular formula is C20H23N3O5. The number of nitrogens with one attached hydrogen (secondary N) is 2. The molecule has 148 valence electrons. The highest BCUT2D eigenvalue weighted by molar-refractivity contribution is 5.99. The van der Waals surface area contributed by atoms with Gasteiger partial charge >= 0.3 is 0 Å². The predicted octanol–water partition coefficient (Wildman–Crippen LogP) is 2.66. The topological polar surface area (TPSA) is 112 Å².